The first-order valence-electron chi connectivity index (χ1n) is 5.29. The van der Waals surface area contributed by atoms with Crippen LogP contribution in [0, 0.1) is 0 Å². The molecule has 0 amide bonds. The molecule has 0 heterocycles. The molecule has 0 aliphatic rings. The first-order chi connectivity index (χ1) is 7.36. The van der Waals surface area contributed by atoms with E-state index >= 15 is 0 Å². The van der Waals surface area contributed by atoms with Crippen LogP contribution in [0.3, 0.4) is 0 Å². The molecule has 15 heavy (non-hydrogen) atoms. The van der Waals surface area contributed by atoms with E-state index in [1.807, 2.05) is 13.1 Å². The van der Waals surface area contributed by atoms with Gasteiger partial charge in [0, 0.05) is 20.6 Å². The molecule has 82 valence electrons. The second-order valence-electron chi connectivity index (χ2n) is 3.34. The maximum absolute atomic E-state index is 4.05. The lowest BCUT2D eigenvalue weighted by atomic mass is 10.1. The number of hydrogen-bond acceptors (Lipinski definition) is 1. The molecule has 3 nitrogen and oxygen atoms in total. The molecule has 3 heteroatoms. The van der Waals surface area contributed by atoms with E-state index < -0.39 is 0 Å². The Hall–Kier alpha value is -1.51. The zero-order valence-electron chi connectivity index (χ0n) is 9.46. The monoisotopic (exact) mass is 205 g/mol. The summed E-state index contributed by atoms with van der Waals surface area (Å²) in [6, 6.07) is 10.5. The second-order valence-corrected chi connectivity index (χ2v) is 3.34. The fourth-order valence-electron chi connectivity index (χ4n) is 1.42. The first kappa shape index (κ1) is 11.6. The molecule has 0 aliphatic heterocycles. The van der Waals surface area contributed by atoms with E-state index in [-0.39, 0.29) is 0 Å². The highest BCUT2D eigenvalue weighted by atomic mass is 15.1. The summed E-state index contributed by atoms with van der Waals surface area (Å²) in [6.45, 7) is 0.947. The third-order valence-electron chi connectivity index (χ3n) is 2.24. The Morgan fingerprint density at radius 3 is 2.60 bits per heavy atom. The highest BCUT2D eigenvalue weighted by Gasteiger charge is 1.94. The third kappa shape index (κ3) is 4.49. The number of aryl methyl sites for hydroxylation is 1. The molecule has 0 atom stereocenters. The quantitative estimate of drug-likeness (QED) is 0.443. The summed E-state index contributed by atoms with van der Waals surface area (Å²) < 4.78 is 0. The molecule has 0 aliphatic carbocycles. The highest BCUT2D eigenvalue weighted by Crippen LogP contribution is 2.01. The maximum Gasteiger partial charge on any atom is 0.190 e. The normalized spacial score (nSPS) is 11.2. The van der Waals surface area contributed by atoms with Gasteiger partial charge in [-0.15, -0.1) is 0 Å². The van der Waals surface area contributed by atoms with Gasteiger partial charge in [0.15, 0.2) is 5.96 Å². The Morgan fingerprint density at radius 1 is 1.27 bits per heavy atom. The van der Waals surface area contributed by atoms with Crippen molar-refractivity contribution in [2.24, 2.45) is 4.99 Å². The average Bonchev–Trinajstić information content (AvgIpc) is 2.31. The standard InChI is InChI=1S/C12H19N3/c1-13-12(14-2)15-10-6-9-11-7-4-3-5-8-11/h3-5,7-8H,6,9-10H2,1-2H3,(H2,13,14,15). The van der Waals surface area contributed by atoms with Crippen molar-refractivity contribution >= 4 is 5.96 Å². The van der Waals surface area contributed by atoms with E-state index in [4.69, 9.17) is 0 Å². The predicted molar refractivity (Wildman–Crippen MR) is 65.2 cm³/mol. The first-order valence-corrected chi connectivity index (χ1v) is 5.29. The van der Waals surface area contributed by atoms with Crippen LogP contribution >= 0.6 is 0 Å². The van der Waals surface area contributed by atoms with Crippen molar-refractivity contribution in [2.45, 2.75) is 12.8 Å². The molecule has 2 N–H and O–H groups in total. The smallest absolute Gasteiger partial charge is 0.190 e. The van der Waals surface area contributed by atoms with Crippen LogP contribution in [0.25, 0.3) is 0 Å². The minimum atomic E-state index is 0.850. The molecule has 0 radical (unpaired) electrons. The van der Waals surface area contributed by atoms with E-state index in [1.54, 1.807) is 7.05 Å². The summed E-state index contributed by atoms with van der Waals surface area (Å²) >= 11 is 0. The molecule has 0 saturated heterocycles. The van der Waals surface area contributed by atoms with Crippen LogP contribution in [0.5, 0.6) is 0 Å². The maximum atomic E-state index is 4.05. The van der Waals surface area contributed by atoms with Crippen molar-refractivity contribution in [3.63, 3.8) is 0 Å². The molecule has 0 fully saturated rings. The lowest BCUT2D eigenvalue weighted by molar-refractivity contribution is 0.758. The minimum absolute atomic E-state index is 0.850. The van der Waals surface area contributed by atoms with Gasteiger partial charge in [-0.25, -0.2) is 0 Å². The number of rotatable bonds is 4. The highest BCUT2D eigenvalue weighted by molar-refractivity contribution is 5.79. The van der Waals surface area contributed by atoms with Crippen LogP contribution in [0.15, 0.2) is 35.3 Å². The van der Waals surface area contributed by atoms with E-state index in [1.165, 1.54) is 5.56 Å². The molecule has 0 spiro atoms. The van der Waals surface area contributed by atoms with Gasteiger partial charge in [-0.05, 0) is 18.4 Å². The van der Waals surface area contributed by atoms with E-state index in [2.05, 4.69) is 39.9 Å². The zero-order valence-corrected chi connectivity index (χ0v) is 9.46. The van der Waals surface area contributed by atoms with Crippen LogP contribution in [0.1, 0.15) is 12.0 Å². The number of hydrogen-bond donors (Lipinski definition) is 2. The fourth-order valence-corrected chi connectivity index (χ4v) is 1.42. The summed E-state index contributed by atoms with van der Waals surface area (Å²) in [6.07, 6.45) is 2.22. The van der Waals surface area contributed by atoms with Gasteiger partial charge in [-0.3, -0.25) is 4.99 Å². The van der Waals surface area contributed by atoms with Crippen molar-refractivity contribution in [3.8, 4) is 0 Å². The number of benzene rings is 1. The topological polar surface area (TPSA) is 36.4 Å². The van der Waals surface area contributed by atoms with E-state index in [0.29, 0.717) is 0 Å². The van der Waals surface area contributed by atoms with Gasteiger partial charge in [0.2, 0.25) is 0 Å². The Morgan fingerprint density at radius 2 is 2.00 bits per heavy atom. The summed E-state index contributed by atoms with van der Waals surface area (Å²) in [5, 5.41) is 6.22. The molecular formula is C12H19N3. The predicted octanol–water partition coefficient (Wildman–Crippen LogP) is 1.41. The van der Waals surface area contributed by atoms with E-state index in [9.17, 15) is 0 Å². The number of nitrogens with zero attached hydrogens (tertiary/aromatic N) is 1. The van der Waals surface area contributed by atoms with Gasteiger partial charge in [0.25, 0.3) is 0 Å². The second kappa shape index (κ2) is 6.87. The van der Waals surface area contributed by atoms with Gasteiger partial charge in [-0.1, -0.05) is 30.3 Å². The van der Waals surface area contributed by atoms with Crippen LogP contribution in [0.2, 0.25) is 0 Å². The van der Waals surface area contributed by atoms with Gasteiger partial charge in [-0.2, -0.15) is 0 Å². The van der Waals surface area contributed by atoms with Crippen molar-refractivity contribution < 1.29 is 0 Å². The van der Waals surface area contributed by atoms with Gasteiger partial charge >= 0.3 is 0 Å². The Kier molecular flexibility index (Phi) is 5.30. The molecule has 0 unspecified atom stereocenters. The molecule has 0 saturated carbocycles. The SMILES string of the molecule is CN=C(NC)NCCCc1ccccc1. The molecular weight excluding hydrogens is 186 g/mol. The van der Waals surface area contributed by atoms with Crippen molar-refractivity contribution in [3.05, 3.63) is 35.9 Å². The molecule has 0 bridgehead atoms. The lowest BCUT2D eigenvalue weighted by Gasteiger charge is -2.07. The van der Waals surface area contributed by atoms with Crippen LogP contribution in [0.4, 0.5) is 0 Å². The van der Waals surface area contributed by atoms with Crippen LogP contribution < -0.4 is 10.6 Å². The van der Waals surface area contributed by atoms with Crippen LogP contribution in [-0.2, 0) is 6.42 Å². The summed E-state index contributed by atoms with van der Waals surface area (Å²) in [5.74, 6) is 0.850. The Bertz CT molecular complexity index is 293. The summed E-state index contributed by atoms with van der Waals surface area (Å²) in [7, 11) is 3.64. The molecule has 1 aromatic rings. The van der Waals surface area contributed by atoms with Gasteiger partial charge < -0.3 is 10.6 Å². The van der Waals surface area contributed by atoms with Crippen LogP contribution in [-0.4, -0.2) is 26.6 Å². The van der Waals surface area contributed by atoms with Crippen molar-refractivity contribution in [2.75, 3.05) is 20.6 Å². The largest absolute Gasteiger partial charge is 0.359 e. The third-order valence-corrected chi connectivity index (χ3v) is 2.24. The molecule has 1 rings (SSSR count). The van der Waals surface area contributed by atoms with Crippen molar-refractivity contribution in [1.82, 2.24) is 10.6 Å². The number of guanidine groups is 1. The number of nitrogens with one attached hydrogen (secondary N) is 2. The summed E-state index contributed by atoms with van der Waals surface area (Å²) in [4.78, 5) is 4.05. The van der Waals surface area contributed by atoms with Gasteiger partial charge in [0.1, 0.15) is 0 Å². The Balaban J connectivity index is 2.17. The van der Waals surface area contributed by atoms with E-state index in [0.717, 1.165) is 25.3 Å². The lowest BCUT2D eigenvalue weighted by Crippen LogP contribution is -2.35. The van der Waals surface area contributed by atoms with Gasteiger partial charge in [0.05, 0.1) is 0 Å². The fraction of sp³-hybridized carbons (Fsp3) is 0.417. The molecule has 1 aromatic carbocycles. The average molecular weight is 205 g/mol. The summed E-state index contributed by atoms with van der Waals surface area (Å²) in [5.41, 5.74) is 1.39. The number of aliphatic imine (C=N–C) groups is 1. The zero-order chi connectivity index (χ0) is 10.9. The minimum Gasteiger partial charge on any atom is -0.359 e. The Labute approximate surface area is 91.6 Å². The van der Waals surface area contributed by atoms with Crippen molar-refractivity contribution in [1.29, 1.82) is 0 Å². The molecule has 0 aromatic heterocycles.